The summed E-state index contributed by atoms with van der Waals surface area (Å²) in [6, 6.07) is -1.49. The number of hydrogen-bond acceptors (Lipinski definition) is 6. The van der Waals surface area contributed by atoms with Crippen LogP contribution in [0.3, 0.4) is 0 Å². The number of hydrogen-bond donors (Lipinski definition) is 2. The van der Waals surface area contributed by atoms with Gasteiger partial charge in [0.05, 0.1) is 30.8 Å². The van der Waals surface area contributed by atoms with Gasteiger partial charge in [-0.15, -0.1) is 0 Å². The SMILES string of the molecule is CCOC(=O)[C@H]1[C@H]2C(=O)N([C@@H](CO)C(C)C)C(C(=O)NC(C)(C)CC(C)(C)C)C23CC[C@]1(CC)O3. The van der Waals surface area contributed by atoms with Crippen molar-refractivity contribution < 1.29 is 29.0 Å². The molecule has 0 saturated carbocycles. The molecule has 2 amide bonds. The fourth-order valence-electron chi connectivity index (χ4n) is 7.30. The fourth-order valence-corrected chi connectivity index (χ4v) is 7.30. The van der Waals surface area contributed by atoms with Gasteiger partial charge in [0.1, 0.15) is 17.6 Å². The van der Waals surface area contributed by atoms with Gasteiger partial charge < -0.3 is 24.8 Å². The second-order valence-corrected chi connectivity index (χ2v) is 12.9. The summed E-state index contributed by atoms with van der Waals surface area (Å²) in [5.41, 5.74) is -2.47. The minimum Gasteiger partial charge on any atom is -0.466 e. The fraction of sp³-hybridized carbons (Fsp3) is 0.889. The predicted octanol–water partition coefficient (Wildman–Crippen LogP) is 3.05. The number of rotatable bonds is 9. The minimum atomic E-state index is -1.12. The van der Waals surface area contributed by atoms with Gasteiger partial charge >= 0.3 is 5.97 Å². The summed E-state index contributed by atoms with van der Waals surface area (Å²) in [5.74, 6) is -2.67. The van der Waals surface area contributed by atoms with Crippen molar-refractivity contribution >= 4 is 17.8 Å². The molecular formula is C27H46N2O6. The van der Waals surface area contributed by atoms with Crippen molar-refractivity contribution in [3.63, 3.8) is 0 Å². The van der Waals surface area contributed by atoms with Crippen LogP contribution < -0.4 is 5.32 Å². The second kappa shape index (κ2) is 9.33. The van der Waals surface area contributed by atoms with E-state index < -0.39 is 46.6 Å². The molecule has 35 heavy (non-hydrogen) atoms. The summed E-state index contributed by atoms with van der Waals surface area (Å²) in [7, 11) is 0. The van der Waals surface area contributed by atoms with Gasteiger partial charge in [0.25, 0.3) is 0 Å². The summed E-state index contributed by atoms with van der Waals surface area (Å²) in [4.78, 5) is 42.9. The van der Waals surface area contributed by atoms with Crippen LogP contribution in [0.25, 0.3) is 0 Å². The van der Waals surface area contributed by atoms with Crippen LogP contribution >= 0.6 is 0 Å². The first kappa shape index (κ1) is 27.9. The van der Waals surface area contributed by atoms with Crippen molar-refractivity contribution in [3.8, 4) is 0 Å². The number of esters is 1. The van der Waals surface area contributed by atoms with Gasteiger partial charge in [-0.2, -0.15) is 0 Å². The molecule has 0 aromatic carbocycles. The van der Waals surface area contributed by atoms with E-state index in [1.54, 1.807) is 6.92 Å². The number of aliphatic hydroxyl groups is 1. The number of aliphatic hydroxyl groups excluding tert-OH is 1. The van der Waals surface area contributed by atoms with Gasteiger partial charge in [-0.05, 0) is 57.8 Å². The van der Waals surface area contributed by atoms with E-state index in [0.29, 0.717) is 19.3 Å². The lowest BCUT2D eigenvalue weighted by molar-refractivity contribution is -0.162. The van der Waals surface area contributed by atoms with E-state index >= 15 is 0 Å². The molecule has 8 heteroatoms. The molecule has 2 N–H and O–H groups in total. The van der Waals surface area contributed by atoms with Crippen LogP contribution in [0.1, 0.15) is 88.0 Å². The maximum absolute atomic E-state index is 14.1. The van der Waals surface area contributed by atoms with E-state index in [4.69, 9.17) is 9.47 Å². The van der Waals surface area contributed by atoms with Crippen molar-refractivity contribution in [2.45, 2.75) is 117 Å². The quantitative estimate of drug-likeness (QED) is 0.478. The standard InChI is InChI=1S/C27H46N2O6/c1-10-26-12-13-27(35-26)18(19(26)23(33)34-11-2)22(32)29(17(14-30)16(3)4)20(27)21(31)28-25(8,9)15-24(5,6)7/h16-20,30H,10-15H2,1-9H3,(H,28,31)/t17-,18-,19+,20?,26-,27?/m0/s1. The van der Waals surface area contributed by atoms with Crippen LogP contribution in [-0.2, 0) is 23.9 Å². The number of carbonyl (C=O) groups is 3. The summed E-state index contributed by atoms with van der Waals surface area (Å²) in [6.07, 6.45) is 2.39. The van der Waals surface area contributed by atoms with Gasteiger partial charge in [0, 0.05) is 5.54 Å². The molecule has 8 nitrogen and oxygen atoms in total. The Labute approximate surface area is 210 Å². The van der Waals surface area contributed by atoms with E-state index in [1.165, 1.54) is 4.90 Å². The van der Waals surface area contributed by atoms with Gasteiger partial charge in [-0.25, -0.2) is 0 Å². The smallest absolute Gasteiger partial charge is 0.312 e. The molecule has 3 fully saturated rings. The first-order valence-electron chi connectivity index (χ1n) is 13.2. The maximum atomic E-state index is 14.1. The zero-order valence-corrected chi connectivity index (χ0v) is 23.1. The van der Waals surface area contributed by atoms with Gasteiger partial charge in [0.15, 0.2) is 0 Å². The molecule has 3 heterocycles. The van der Waals surface area contributed by atoms with E-state index in [0.717, 1.165) is 6.42 Å². The molecular weight excluding hydrogens is 448 g/mol. The molecule has 6 atom stereocenters. The first-order valence-corrected chi connectivity index (χ1v) is 13.2. The first-order chi connectivity index (χ1) is 16.1. The zero-order valence-electron chi connectivity index (χ0n) is 23.1. The van der Waals surface area contributed by atoms with Crippen LogP contribution in [0.4, 0.5) is 0 Å². The topological polar surface area (TPSA) is 105 Å². The summed E-state index contributed by atoms with van der Waals surface area (Å²) < 4.78 is 12.1. The van der Waals surface area contributed by atoms with E-state index in [-0.39, 0.29) is 36.4 Å². The van der Waals surface area contributed by atoms with Gasteiger partial charge in [-0.1, -0.05) is 41.5 Å². The van der Waals surface area contributed by atoms with Crippen LogP contribution in [0.15, 0.2) is 0 Å². The van der Waals surface area contributed by atoms with Crippen LogP contribution in [0.2, 0.25) is 0 Å². The molecule has 2 unspecified atom stereocenters. The number of nitrogens with one attached hydrogen (secondary N) is 1. The lowest BCUT2D eigenvalue weighted by atomic mass is 9.65. The highest BCUT2D eigenvalue weighted by Crippen LogP contribution is 2.64. The lowest BCUT2D eigenvalue weighted by Crippen LogP contribution is -2.62. The zero-order chi connectivity index (χ0) is 26.6. The molecule has 0 aromatic rings. The molecule has 3 rings (SSSR count). The Morgan fingerprint density at radius 1 is 1.20 bits per heavy atom. The maximum Gasteiger partial charge on any atom is 0.312 e. The van der Waals surface area contributed by atoms with E-state index in [2.05, 4.69) is 26.1 Å². The second-order valence-electron chi connectivity index (χ2n) is 12.9. The van der Waals surface area contributed by atoms with Gasteiger partial charge in [0.2, 0.25) is 11.8 Å². The number of carbonyl (C=O) groups excluding carboxylic acids is 3. The molecule has 2 bridgehead atoms. The average Bonchev–Trinajstić information content (AvgIpc) is 3.30. The Morgan fingerprint density at radius 2 is 1.83 bits per heavy atom. The third-order valence-corrected chi connectivity index (χ3v) is 8.16. The normalized spacial score (nSPS) is 33.3. The highest BCUT2D eigenvalue weighted by Gasteiger charge is 2.79. The summed E-state index contributed by atoms with van der Waals surface area (Å²) in [6.45, 7) is 17.8. The van der Waals surface area contributed by atoms with Crippen LogP contribution in [-0.4, -0.2) is 69.8 Å². The third kappa shape index (κ3) is 4.61. The Bertz CT molecular complexity index is 849. The van der Waals surface area contributed by atoms with Crippen molar-refractivity contribution in [2.75, 3.05) is 13.2 Å². The number of nitrogens with zero attached hydrogens (tertiary/aromatic N) is 1. The molecule has 3 saturated heterocycles. The van der Waals surface area contributed by atoms with E-state index in [1.807, 2.05) is 34.6 Å². The number of ether oxygens (including phenoxy) is 2. The molecule has 0 aliphatic carbocycles. The number of fused-ring (bicyclic) bond motifs is 1. The van der Waals surface area contributed by atoms with Gasteiger partial charge in [-0.3, -0.25) is 14.4 Å². The average molecular weight is 495 g/mol. The van der Waals surface area contributed by atoms with Crippen LogP contribution in [0, 0.1) is 23.2 Å². The predicted molar refractivity (Wildman–Crippen MR) is 132 cm³/mol. The Morgan fingerprint density at radius 3 is 2.31 bits per heavy atom. The Balaban J connectivity index is 2.10. The van der Waals surface area contributed by atoms with Crippen molar-refractivity contribution in [1.29, 1.82) is 0 Å². The molecule has 200 valence electrons. The summed E-state index contributed by atoms with van der Waals surface area (Å²) >= 11 is 0. The van der Waals surface area contributed by atoms with Crippen molar-refractivity contribution in [3.05, 3.63) is 0 Å². The minimum absolute atomic E-state index is 0.0159. The third-order valence-electron chi connectivity index (χ3n) is 8.16. The molecule has 3 aliphatic rings. The molecule has 0 aromatic heterocycles. The van der Waals surface area contributed by atoms with Crippen LogP contribution in [0.5, 0.6) is 0 Å². The van der Waals surface area contributed by atoms with Crippen molar-refractivity contribution in [2.24, 2.45) is 23.2 Å². The largest absolute Gasteiger partial charge is 0.466 e. The molecule has 3 aliphatic heterocycles. The van der Waals surface area contributed by atoms with Crippen molar-refractivity contribution in [1.82, 2.24) is 10.2 Å². The highest BCUT2D eigenvalue weighted by molar-refractivity contribution is 5.99. The Hall–Kier alpha value is -1.67. The number of likely N-dealkylation sites (tertiary alicyclic amines) is 1. The highest BCUT2D eigenvalue weighted by atomic mass is 16.6. The van der Waals surface area contributed by atoms with E-state index in [9.17, 15) is 19.5 Å². The Kier molecular flexibility index (Phi) is 7.44. The monoisotopic (exact) mass is 494 g/mol. The number of amides is 2. The lowest BCUT2D eigenvalue weighted by Gasteiger charge is -2.41. The molecule has 1 spiro atoms. The summed E-state index contributed by atoms with van der Waals surface area (Å²) in [5, 5.41) is 13.5. The molecule has 0 radical (unpaired) electrons.